The minimum absolute atomic E-state index is 0.0470. The Morgan fingerprint density at radius 3 is 2.77 bits per heavy atom. The number of carbonyl (C=O) groups is 2. The maximum absolute atomic E-state index is 12.6. The Labute approximate surface area is 153 Å². The molecule has 26 heavy (non-hydrogen) atoms. The molecule has 138 valence electrons. The van der Waals surface area contributed by atoms with E-state index in [1.54, 1.807) is 16.7 Å². The summed E-state index contributed by atoms with van der Waals surface area (Å²) in [6, 6.07) is 10.1. The van der Waals surface area contributed by atoms with Crippen LogP contribution in [0, 0.1) is 12.8 Å². The van der Waals surface area contributed by atoms with Gasteiger partial charge in [-0.25, -0.2) is 0 Å². The summed E-state index contributed by atoms with van der Waals surface area (Å²) in [6.45, 7) is 5.16. The molecule has 0 unspecified atom stereocenters. The highest BCUT2D eigenvalue weighted by Crippen LogP contribution is 2.22. The van der Waals surface area contributed by atoms with Gasteiger partial charge < -0.3 is 14.3 Å². The molecule has 0 bridgehead atoms. The van der Waals surface area contributed by atoms with Crippen molar-refractivity contribution in [1.29, 1.82) is 0 Å². The molecule has 7 heteroatoms. The minimum Gasteiger partial charge on any atom is -0.340 e. The summed E-state index contributed by atoms with van der Waals surface area (Å²) in [5, 5.41) is 3.83. The highest BCUT2D eigenvalue weighted by molar-refractivity contribution is 5.86. The van der Waals surface area contributed by atoms with Crippen molar-refractivity contribution in [1.82, 2.24) is 19.9 Å². The molecular formula is C19H24N4O3. The Bertz CT molecular complexity index is 759. The van der Waals surface area contributed by atoms with E-state index in [-0.39, 0.29) is 24.3 Å². The lowest BCUT2D eigenvalue weighted by Gasteiger charge is -2.23. The summed E-state index contributed by atoms with van der Waals surface area (Å²) in [4.78, 5) is 32.3. The highest BCUT2D eigenvalue weighted by atomic mass is 16.5. The van der Waals surface area contributed by atoms with Gasteiger partial charge in [-0.3, -0.25) is 9.59 Å². The Balaban J connectivity index is 1.55. The van der Waals surface area contributed by atoms with Crippen molar-refractivity contribution in [2.75, 3.05) is 19.6 Å². The van der Waals surface area contributed by atoms with Gasteiger partial charge in [0.25, 0.3) is 0 Å². The highest BCUT2D eigenvalue weighted by Gasteiger charge is 2.31. The number of hydrogen-bond acceptors (Lipinski definition) is 5. The molecule has 2 aromatic rings. The lowest BCUT2D eigenvalue weighted by molar-refractivity contribution is -0.138. The lowest BCUT2D eigenvalue weighted by atomic mass is 9.99. The molecule has 1 aromatic heterocycles. The summed E-state index contributed by atoms with van der Waals surface area (Å²) in [7, 11) is 0. The van der Waals surface area contributed by atoms with Crippen LogP contribution in [0.4, 0.5) is 0 Å². The maximum Gasteiger partial charge on any atom is 0.242 e. The second kappa shape index (κ2) is 8.12. The average molecular weight is 356 g/mol. The number of rotatable bonds is 7. The van der Waals surface area contributed by atoms with Crippen molar-refractivity contribution in [3.8, 4) is 0 Å². The number of likely N-dealkylation sites (N-methyl/N-ethyl adjacent to an activating group) is 1. The molecule has 1 saturated heterocycles. The van der Waals surface area contributed by atoms with Gasteiger partial charge in [0.1, 0.15) is 0 Å². The standard InChI is InChI=1S/C19H24N4O3/c1-3-22(12-17-20-14(2)26-21-17)19(25)13-23-11-16(10-18(23)24)9-15-7-5-4-6-8-15/h4-8,16H,3,9-13H2,1-2H3/t16-/m0/s1. The molecule has 1 aliphatic rings. The van der Waals surface area contributed by atoms with Gasteiger partial charge >= 0.3 is 0 Å². The molecule has 7 nitrogen and oxygen atoms in total. The van der Waals surface area contributed by atoms with Gasteiger partial charge in [-0.05, 0) is 24.8 Å². The molecule has 1 atom stereocenters. The van der Waals surface area contributed by atoms with Crippen LogP contribution in [-0.4, -0.2) is 51.4 Å². The monoisotopic (exact) mass is 356 g/mol. The number of likely N-dealkylation sites (tertiary alicyclic amines) is 1. The van der Waals surface area contributed by atoms with E-state index >= 15 is 0 Å². The first-order valence-corrected chi connectivity index (χ1v) is 8.93. The fourth-order valence-electron chi connectivity index (χ4n) is 3.31. The predicted octanol–water partition coefficient (Wildman–Crippen LogP) is 1.82. The van der Waals surface area contributed by atoms with Gasteiger partial charge in [0, 0.05) is 26.4 Å². The lowest BCUT2D eigenvalue weighted by Crippen LogP contribution is -2.40. The number of amides is 2. The molecule has 0 aliphatic carbocycles. The van der Waals surface area contributed by atoms with E-state index in [2.05, 4.69) is 22.3 Å². The van der Waals surface area contributed by atoms with Crippen molar-refractivity contribution >= 4 is 11.8 Å². The molecule has 0 spiro atoms. The third-order valence-corrected chi connectivity index (χ3v) is 4.62. The number of carbonyl (C=O) groups excluding carboxylic acids is 2. The van der Waals surface area contributed by atoms with Crippen molar-refractivity contribution in [3.05, 3.63) is 47.6 Å². The van der Waals surface area contributed by atoms with Gasteiger partial charge in [-0.2, -0.15) is 4.98 Å². The number of hydrogen-bond donors (Lipinski definition) is 0. The van der Waals surface area contributed by atoms with Crippen LogP contribution in [0.1, 0.15) is 30.6 Å². The van der Waals surface area contributed by atoms with Crippen molar-refractivity contribution in [2.45, 2.75) is 33.2 Å². The zero-order chi connectivity index (χ0) is 18.5. The van der Waals surface area contributed by atoms with E-state index in [0.29, 0.717) is 37.8 Å². The van der Waals surface area contributed by atoms with Gasteiger partial charge in [-0.1, -0.05) is 35.5 Å². The fraction of sp³-hybridized carbons (Fsp3) is 0.474. The van der Waals surface area contributed by atoms with Crippen LogP contribution in [0.25, 0.3) is 0 Å². The number of benzene rings is 1. The van der Waals surface area contributed by atoms with E-state index < -0.39 is 0 Å². The van der Waals surface area contributed by atoms with Gasteiger partial charge in [0.05, 0.1) is 13.1 Å². The van der Waals surface area contributed by atoms with Gasteiger partial charge in [0.15, 0.2) is 5.82 Å². The van der Waals surface area contributed by atoms with E-state index in [9.17, 15) is 9.59 Å². The summed E-state index contributed by atoms with van der Waals surface area (Å²) in [5.41, 5.74) is 1.22. The second-order valence-corrected chi connectivity index (χ2v) is 6.67. The van der Waals surface area contributed by atoms with E-state index in [1.807, 2.05) is 25.1 Å². The first kappa shape index (κ1) is 18.1. The predicted molar refractivity (Wildman–Crippen MR) is 95.0 cm³/mol. The molecule has 2 heterocycles. The van der Waals surface area contributed by atoms with Crippen molar-refractivity contribution in [3.63, 3.8) is 0 Å². The Hall–Kier alpha value is -2.70. The van der Waals surface area contributed by atoms with Crippen molar-refractivity contribution < 1.29 is 14.1 Å². The molecule has 0 radical (unpaired) electrons. The molecular weight excluding hydrogens is 332 g/mol. The third kappa shape index (κ3) is 4.47. The van der Waals surface area contributed by atoms with Gasteiger partial charge in [-0.15, -0.1) is 0 Å². The zero-order valence-electron chi connectivity index (χ0n) is 15.2. The molecule has 1 aromatic carbocycles. The van der Waals surface area contributed by atoms with Crippen LogP contribution in [0.3, 0.4) is 0 Å². The Kier molecular flexibility index (Phi) is 5.65. The summed E-state index contributed by atoms with van der Waals surface area (Å²) in [5.74, 6) is 1.16. The molecule has 1 aliphatic heterocycles. The van der Waals surface area contributed by atoms with Crippen LogP contribution in [0.2, 0.25) is 0 Å². The van der Waals surface area contributed by atoms with Crippen LogP contribution >= 0.6 is 0 Å². The van der Waals surface area contributed by atoms with Crippen LogP contribution < -0.4 is 0 Å². The molecule has 3 rings (SSSR count). The maximum atomic E-state index is 12.6. The smallest absolute Gasteiger partial charge is 0.242 e. The van der Waals surface area contributed by atoms with Crippen LogP contribution in [0.5, 0.6) is 0 Å². The third-order valence-electron chi connectivity index (χ3n) is 4.62. The summed E-state index contributed by atoms with van der Waals surface area (Å²) in [6.07, 6.45) is 1.36. The number of aromatic nitrogens is 2. The quantitative estimate of drug-likeness (QED) is 0.756. The SMILES string of the molecule is CCN(Cc1noc(C)n1)C(=O)CN1C[C@@H](Cc2ccccc2)CC1=O. The van der Waals surface area contributed by atoms with E-state index in [1.165, 1.54) is 5.56 Å². The first-order valence-electron chi connectivity index (χ1n) is 8.93. The minimum atomic E-state index is -0.0938. The average Bonchev–Trinajstić information content (AvgIpc) is 3.19. The Morgan fingerprint density at radius 1 is 1.35 bits per heavy atom. The molecule has 0 saturated carbocycles. The fourth-order valence-corrected chi connectivity index (χ4v) is 3.31. The molecule has 1 fully saturated rings. The number of aryl methyl sites for hydroxylation is 1. The number of nitrogens with zero attached hydrogens (tertiary/aromatic N) is 4. The topological polar surface area (TPSA) is 79.5 Å². The van der Waals surface area contributed by atoms with Crippen LogP contribution in [0.15, 0.2) is 34.9 Å². The molecule has 2 amide bonds. The first-order chi connectivity index (χ1) is 12.5. The van der Waals surface area contributed by atoms with Gasteiger partial charge in [0.2, 0.25) is 17.7 Å². The largest absolute Gasteiger partial charge is 0.340 e. The summed E-state index contributed by atoms with van der Waals surface area (Å²) >= 11 is 0. The van der Waals surface area contributed by atoms with Crippen molar-refractivity contribution in [2.24, 2.45) is 5.92 Å². The van der Waals surface area contributed by atoms with Crippen LogP contribution in [-0.2, 0) is 22.6 Å². The molecule has 0 N–H and O–H groups in total. The summed E-state index contributed by atoms with van der Waals surface area (Å²) < 4.78 is 4.95. The normalized spacial score (nSPS) is 16.9. The Morgan fingerprint density at radius 2 is 2.12 bits per heavy atom. The van der Waals surface area contributed by atoms with E-state index in [4.69, 9.17) is 4.52 Å². The second-order valence-electron chi connectivity index (χ2n) is 6.67. The van der Waals surface area contributed by atoms with E-state index in [0.717, 1.165) is 6.42 Å². The zero-order valence-corrected chi connectivity index (χ0v) is 15.2.